The molecule has 0 bridgehead atoms. The Labute approximate surface area is 182 Å². The summed E-state index contributed by atoms with van der Waals surface area (Å²) >= 11 is 0. The monoisotopic (exact) mass is 417 g/mol. The number of rotatable bonds is 7. The van der Waals surface area contributed by atoms with Crippen LogP contribution in [-0.2, 0) is 29.7 Å². The van der Waals surface area contributed by atoms with E-state index in [0.717, 1.165) is 16.7 Å². The molecular weight excluding hydrogens is 390 g/mol. The van der Waals surface area contributed by atoms with Crippen molar-refractivity contribution < 1.29 is 9.59 Å². The fourth-order valence-corrected chi connectivity index (χ4v) is 3.85. The third kappa shape index (κ3) is 5.38. The summed E-state index contributed by atoms with van der Waals surface area (Å²) in [4.78, 5) is 27.1. The van der Waals surface area contributed by atoms with Crippen molar-refractivity contribution in [2.75, 3.05) is 13.1 Å². The van der Waals surface area contributed by atoms with Crippen molar-refractivity contribution in [1.29, 1.82) is 0 Å². The van der Waals surface area contributed by atoms with Gasteiger partial charge < -0.3 is 10.6 Å². The number of benzene rings is 2. The molecule has 1 aliphatic heterocycles. The fourth-order valence-electron chi connectivity index (χ4n) is 3.85. The third-order valence-electron chi connectivity index (χ3n) is 5.52. The molecule has 2 aromatic carbocycles. The molecule has 2 amide bonds. The van der Waals surface area contributed by atoms with E-state index in [1.165, 1.54) is 5.56 Å². The quantitative estimate of drug-likeness (QED) is 0.617. The zero-order valence-corrected chi connectivity index (χ0v) is 17.6. The predicted molar refractivity (Wildman–Crippen MR) is 119 cm³/mol. The number of amides is 2. The molecule has 0 radical (unpaired) electrons. The van der Waals surface area contributed by atoms with Crippen LogP contribution in [0.3, 0.4) is 0 Å². The van der Waals surface area contributed by atoms with Crippen LogP contribution in [0.25, 0.3) is 11.1 Å². The zero-order chi connectivity index (χ0) is 21.6. The molecular formula is C24H27N5O2. The standard InChI is InChI=1S/C24H27N5O2/c1-28-16-19(15-27-28)14-26-23(30)13-22-24(31)25-11-12-29(22)17-18-7-9-21(10-8-18)20-5-3-2-4-6-20/h2-10,15-16,22H,11-14,17H2,1H3,(H,25,31)(H,26,30). The van der Waals surface area contributed by atoms with Crippen molar-refractivity contribution in [1.82, 2.24) is 25.3 Å². The van der Waals surface area contributed by atoms with E-state index < -0.39 is 6.04 Å². The van der Waals surface area contributed by atoms with Crippen LogP contribution in [0.2, 0.25) is 0 Å². The Bertz CT molecular complexity index is 1030. The molecule has 3 aromatic rings. The van der Waals surface area contributed by atoms with Gasteiger partial charge in [0.05, 0.1) is 18.7 Å². The molecule has 0 spiro atoms. The maximum atomic E-state index is 12.5. The van der Waals surface area contributed by atoms with Gasteiger partial charge in [-0.25, -0.2) is 0 Å². The highest BCUT2D eigenvalue weighted by atomic mass is 16.2. The fraction of sp³-hybridized carbons (Fsp3) is 0.292. The maximum absolute atomic E-state index is 12.5. The summed E-state index contributed by atoms with van der Waals surface area (Å²) in [5.41, 5.74) is 4.39. The highest BCUT2D eigenvalue weighted by Crippen LogP contribution is 2.21. The average Bonchev–Trinajstić information content (AvgIpc) is 3.21. The number of piperazine rings is 1. The molecule has 0 aliphatic carbocycles. The van der Waals surface area contributed by atoms with Crippen molar-refractivity contribution >= 4 is 11.8 Å². The van der Waals surface area contributed by atoms with E-state index >= 15 is 0 Å². The van der Waals surface area contributed by atoms with E-state index in [-0.39, 0.29) is 18.2 Å². The Morgan fingerprint density at radius 2 is 1.84 bits per heavy atom. The second-order valence-electron chi connectivity index (χ2n) is 7.84. The minimum Gasteiger partial charge on any atom is -0.353 e. The molecule has 7 heteroatoms. The zero-order valence-electron chi connectivity index (χ0n) is 17.6. The molecule has 0 saturated carbocycles. The van der Waals surface area contributed by atoms with E-state index in [9.17, 15) is 9.59 Å². The van der Waals surface area contributed by atoms with E-state index in [1.54, 1.807) is 10.9 Å². The van der Waals surface area contributed by atoms with Gasteiger partial charge in [-0.3, -0.25) is 19.2 Å². The lowest BCUT2D eigenvalue weighted by molar-refractivity contribution is -0.134. The van der Waals surface area contributed by atoms with E-state index in [2.05, 4.69) is 57.0 Å². The largest absolute Gasteiger partial charge is 0.353 e. The first-order chi connectivity index (χ1) is 15.1. The van der Waals surface area contributed by atoms with E-state index in [1.807, 2.05) is 31.4 Å². The Morgan fingerprint density at radius 3 is 2.55 bits per heavy atom. The second-order valence-corrected chi connectivity index (χ2v) is 7.84. The molecule has 1 unspecified atom stereocenters. The van der Waals surface area contributed by atoms with Crippen LogP contribution in [0.4, 0.5) is 0 Å². The molecule has 1 saturated heterocycles. The number of hydrogen-bond acceptors (Lipinski definition) is 4. The number of hydrogen-bond donors (Lipinski definition) is 2. The van der Waals surface area contributed by atoms with Gasteiger partial charge in [0.15, 0.2) is 0 Å². The van der Waals surface area contributed by atoms with Gasteiger partial charge >= 0.3 is 0 Å². The van der Waals surface area contributed by atoms with Crippen LogP contribution in [0.15, 0.2) is 67.0 Å². The van der Waals surface area contributed by atoms with Crippen LogP contribution < -0.4 is 10.6 Å². The molecule has 1 fully saturated rings. The van der Waals surface area contributed by atoms with Crippen LogP contribution in [0.1, 0.15) is 17.5 Å². The maximum Gasteiger partial charge on any atom is 0.237 e. The number of nitrogens with one attached hydrogen (secondary N) is 2. The van der Waals surface area contributed by atoms with Crippen LogP contribution in [0.5, 0.6) is 0 Å². The number of nitrogens with zero attached hydrogens (tertiary/aromatic N) is 3. The number of aromatic nitrogens is 2. The first kappa shape index (κ1) is 20.8. The van der Waals surface area contributed by atoms with Gasteiger partial charge in [-0.2, -0.15) is 5.10 Å². The normalized spacial score (nSPS) is 16.7. The first-order valence-corrected chi connectivity index (χ1v) is 10.5. The van der Waals surface area contributed by atoms with Gasteiger partial charge in [-0.1, -0.05) is 54.6 Å². The van der Waals surface area contributed by atoms with Crippen molar-refractivity contribution in [3.8, 4) is 11.1 Å². The highest BCUT2D eigenvalue weighted by Gasteiger charge is 2.31. The lowest BCUT2D eigenvalue weighted by Crippen LogP contribution is -2.56. The van der Waals surface area contributed by atoms with Gasteiger partial charge in [0, 0.05) is 45.0 Å². The smallest absolute Gasteiger partial charge is 0.237 e. The summed E-state index contributed by atoms with van der Waals surface area (Å²) in [6.07, 6.45) is 3.71. The SMILES string of the molecule is Cn1cc(CNC(=O)CC2C(=O)NCCN2Cc2ccc(-c3ccccc3)cc2)cn1. The minimum atomic E-state index is -0.476. The topological polar surface area (TPSA) is 79.3 Å². The Kier molecular flexibility index (Phi) is 6.43. The van der Waals surface area contributed by atoms with Crippen LogP contribution >= 0.6 is 0 Å². The summed E-state index contributed by atoms with van der Waals surface area (Å²) < 4.78 is 1.70. The average molecular weight is 418 g/mol. The van der Waals surface area contributed by atoms with Crippen molar-refractivity contribution in [3.05, 3.63) is 78.1 Å². The highest BCUT2D eigenvalue weighted by molar-refractivity contribution is 5.88. The third-order valence-corrected chi connectivity index (χ3v) is 5.52. The van der Waals surface area contributed by atoms with Crippen molar-refractivity contribution in [2.45, 2.75) is 25.6 Å². The molecule has 2 heterocycles. The van der Waals surface area contributed by atoms with Gasteiger partial charge in [0.2, 0.25) is 11.8 Å². The summed E-state index contributed by atoms with van der Waals surface area (Å²) in [6, 6.07) is 18.1. The lowest BCUT2D eigenvalue weighted by atomic mass is 10.0. The van der Waals surface area contributed by atoms with Crippen molar-refractivity contribution in [3.63, 3.8) is 0 Å². The van der Waals surface area contributed by atoms with E-state index in [4.69, 9.17) is 0 Å². The predicted octanol–water partition coefficient (Wildman–Crippen LogP) is 2.09. The summed E-state index contributed by atoms with van der Waals surface area (Å²) in [6.45, 7) is 2.34. The molecule has 1 aliphatic rings. The Balaban J connectivity index is 1.38. The molecule has 1 atom stereocenters. The van der Waals surface area contributed by atoms with E-state index in [0.29, 0.717) is 26.2 Å². The van der Waals surface area contributed by atoms with Gasteiger partial charge in [-0.05, 0) is 16.7 Å². The first-order valence-electron chi connectivity index (χ1n) is 10.5. The Morgan fingerprint density at radius 1 is 1.10 bits per heavy atom. The van der Waals surface area contributed by atoms with Gasteiger partial charge in [0.1, 0.15) is 0 Å². The second kappa shape index (κ2) is 9.57. The Hall–Kier alpha value is -3.45. The molecule has 4 rings (SSSR count). The number of carbonyl (C=O) groups excluding carboxylic acids is 2. The number of carbonyl (C=O) groups is 2. The molecule has 1 aromatic heterocycles. The summed E-state index contributed by atoms with van der Waals surface area (Å²) in [5, 5.41) is 9.88. The van der Waals surface area contributed by atoms with Crippen molar-refractivity contribution in [2.24, 2.45) is 7.05 Å². The van der Waals surface area contributed by atoms with Gasteiger partial charge in [-0.15, -0.1) is 0 Å². The lowest BCUT2D eigenvalue weighted by Gasteiger charge is -2.34. The molecule has 7 nitrogen and oxygen atoms in total. The minimum absolute atomic E-state index is 0.0938. The number of aryl methyl sites for hydroxylation is 1. The summed E-state index contributed by atoms with van der Waals surface area (Å²) in [7, 11) is 1.84. The molecule has 160 valence electrons. The summed E-state index contributed by atoms with van der Waals surface area (Å²) in [5.74, 6) is -0.237. The van der Waals surface area contributed by atoms with Crippen LogP contribution in [-0.4, -0.2) is 45.6 Å². The van der Waals surface area contributed by atoms with Crippen LogP contribution in [0, 0.1) is 0 Å². The molecule has 2 N–H and O–H groups in total. The molecule has 31 heavy (non-hydrogen) atoms. The van der Waals surface area contributed by atoms with Gasteiger partial charge in [0.25, 0.3) is 0 Å².